The van der Waals surface area contributed by atoms with Crippen molar-refractivity contribution >= 4 is 27.7 Å². The Morgan fingerprint density at radius 1 is 1.40 bits per heavy atom. The van der Waals surface area contributed by atoms with Crippen molar-refractivity contribution in [3.63, 3.8) is 0 Å². The molecule has 1 saturated heterocycles. The van der Waals surface area contributed by atoms with E-state index in [0.29, 0.717) is 17.4 Å². The lowest BCUT2D eigenvalue weighted by atomic mass is 10.4. The van der Waals surface area contributed by atoms with Crippen molar-refractivity contribution in [1.82, 2.24) is 4.90 Å². The van der Waals surface area contributed by atoms with E-state index in [4.69, 9.17) is 0 Å². The third kappa shape index (κ3) is 1.11. The number of imide groups is 1. The zero-order valence-electron chi connectivity index (χ0n) is 5.26. The molecular formula is C6H6BrNO2. The summed E-state index contributed by atoms with van der Waals surface area (Å²) in [5.74, 6) is -0.348. The highest BCUT2D eigenvalue weighted by atomic mass is 79.9. The summed E-state index contributed by atoms with van der Waals surface area (Å²) in [5, 5.41) is 0. The van der Waals surface area contributed by atoms with E-state index >= 15 is 0 Å². The molecule has 0 saturated carbocycles. The molecule has 3 nitrogen and oxygen atoms in total. The molecule has 1 aliphatic heterocycles. The maximum Gasteiger partial charge on any atom is 0.234 e. The Hall–Kier alpha value is -0.640. The van der Waals surface area contributed by atoms with Gasteiger partial charge in [-0.1, -0.05) is 6.58 Å². The molecule has 0 aromatic rings. The van der Waals surface area contributed by atoms with Crippen LogP contribution in [0.2, 0.25) is 0 Å². The van der Waals surface area contributed by atoms with Gasteiger partial charge < -0.3 is 0 Å². The van der Waals surface area contributed by atoms with E-state index in [1.165, 1.54) is 0 Å². The highest BCUT2D eigenvalue weighted by molar-refractivity contribution is 9.11. The maximum absolute atomic E-state index is 10.8. The minimum absolute atomic E-state index is 0.174. The van der Waals surface area contributed by atoms with Gasteiger partial charge in [0, 0.05) is 12.8 Å². The molecule has 2 amide bonds. The van der Waals surface area contributed by atoms with Crippen LogP contribution in [0.1, 0.15) is 12.8 Å². The molecule has 4 heteroatoms. The molecule has 0 aliphatic carbocycles. The largest absolute Gasteiger partial charge is 0.274 e. The third-order valence-electron chi connectivity index (χ3n) is 1.29. The van der Waals surface area contributed by atoms with Gasteiger partial charge in [0.15, 0.2) is 0 Å². The van der Waals surface area contributed by atoms with E-state index in [1.807, 2.05) is 0 Å². The number of carbonyl (C=O) groups excluding carboxylic acids is 2. The van der Waals surface area contributed by atoms with Crippen LogP contribution in [0, 0.1) is 0 Å². The van der Waals surface area contributed by atoms with Crippen molar-refractivity contribution in [2.75, 3.05) is 0 Å². The van der Waals surface area contributed by atoms with Crippen LogP contribution in [0.4, 0.5) is 0 Å². The second-order valence-corrected chi connectivity index (χ2v) is 2.91. The standard InChI is InChI=1S/C6H6BrNO2/c1-4(7)8-5(9)2-3-6(8)10/h1-3H2. The molecule has 1 heterocycles. The monoisotopic (exact) mass is 203 g/mol. The summed E-state index contributed by atoms with van der Waals surface area (Å²) < 4.78 is 0.333. The summed E-state index contributed by atoms with van der Waals surface area (Å²) in [7, 11) is 0. The summed E-state index contributed by atoms with van der Waals surface area (Å²) >= 11 is 2.97. The van der Waals surface area contributed by atoms with Gasteiger partial charge in [-0.25, -0.2) is 4.90 Å². The van der Waals surface area contributed by atoms with Gasteiger partial charge in [-0.3, -0.25) is 9.59 Å². The first-order valence-corrected chi connectivity index (χ1v) is 3.62. The number of hydrogen-bond acceptors (Lipinski definition) is 2. The number of halogens is 1. The molecule has 10 heavy (non-hydrogen) atoms. The van der Waals surface area contributed by atoms with Gasteiger partial charge >= 0.3 is 0 Å². The van der Waals surface area contributed by atoms with Crippen molar-refractivity contribution in [2.24, 2.45) is 0 Å². The molecule has 0 spiro atoms. The minimum atomic E-state index is -0.174. The van der Waals surface area contributed by atoms with Gasteiger partial charge in [0.25, 0.3) is 0 Å². The van der Waals surface area contributed by atoms with Crippen molar-refractivity contribution in [3.8, 4) is 0 Å². The number of rotatable bonds is 1. The number of amides is 2. The van der Waals surface area contributed by atoms with Crippen LogP contribution < -0.4 is 0 Å². The summed E-state index contributed by atoms with van der Waals surface area (Å²) in [4.78, 5) is 22.7. The molecule has 0 bridgehead atoms. The van der Waals surface area contributed by atoms with Crippen LogP contribution in [0.3, 0.4) is 0 Å². The average Bonchev–Trinajstić information content (AvgIpc) is 2.11. The summed E-state index contributed by atoms with van der Waals surface area (Å²) in [6, 6.07) is 0. The number of likely N-dealkylation sites (tertiary alicyclic amines) is 1. The lowest BCUT2D eigenvalue weighted by molar-refractivity contribution is -0.135. The molecule has 0 aromatic carbocycles. The second kappa shape index (κ2) is 2.54. The topological polar surface area (TPSA) is 37.4 Å². The fourth-order valence-electron chi connectivity index (χ4n) is 0.847. The number of nitrogens with zero attached hydrogens (tertiary/aromatic N) is 1. The van der Waals surface area contributed by atoms with E-state index in [2.05, 4.69) is 22.5 Å². The van der Waals surface area contributed by atoms with Crippen LogP contribution in [-0.2, 0) is 9.59 Å². The van der Waals surface area contributed by atoms with Gasteiger partial charge in [-0.2, -0.15) is 0 Å². The van der Waals surface area contributed by atoms with Crippen molar-refractivity contribution < 1.29 is 9.59 Å². The predicted octanol–water partition coefficient (Wildman–Crippen LogP) is 1.00. The Kier molecular flexibility index (Phi) is 1.89. The quantitative estimate of drug-likeness (QED) is 0.472. The molecule has 0 unspecified atom stereocenters. The summed E-state index contributed by atoms with van der Waals surface area (Å²) in [6.45, 7) is 3.44. The smallest absolute Gasteiger partial charge is 0.234 e. The predicted molar refractivity (Wildman–Crippen MR) is 39.2 cm³/mol. The van der Waals surface area contributed by atoms with Crippen LogP contribution in [-0.4, -0.2) is 16.7 Å². The zero-order valence-corrected chi connectivity index (χ0v) is 6.85. The molecule has 0 N–H and O–H groups in total. The van der Waals surface area contributed by atoms with Gasteiger partial charge in [-0.05, 0) is 15.9 Å². The second-order valence-electron chi connectivity index (χ2n) is 2.00. The van der Waals surface area contributed by atoms with Crippen LogP contribution >= 0.6 is 15.9 Å². The molecule has 1 fully saturated rings. The van der Waals surface area contributed by atoms with E-state index in [1.54, 1.807) is 0 Å². The van der Waals surface area contributed by atoms with E-state index in [9.17, 15) is 9.59 Å². The normalized spacial score (nSPS) is 18.3. The van der Waals surface area contributed by atoms with Gasteiger partial charge in [0.1, 0.15) is 0 Å². The fraction of sp³-hybridized carbons (Fsp3) is 0.333. The first-order chi connectivity index (χ1) is 4.63. The minimum Gasteiger partial charge on any atom is -0.274 e. The lowest BCUT2D eigenvalue weighted by Crippen LogP contribution is -2.25. The first-order valence-electron chi connectivity index (χ1n) is 2.83. The molecule has 1 aliphatic rings. The Labute approximate surface area is 66.8 Å². The first kappa shape index (κ1) is 7.47. The van der Waals surface area contributed by atoms with Gasteiger partial charge in [0.2, 0.25) is 11.8 Å². The van der Waals surface area contributed by atoms with Crippen molar-refractivity contribution in [3.05, 3.63) is 11.2 Å². The van der Waals surface area contributed by atoms with Gasteiger partial charge in [-0.15, -0.1) is 0 Å². The van der Waals surface area contributed by atoms with Crippen molar-refractivity contribution in [1.29, 1.82) is 0 Å². The van der Waals surface area contributed by atoms with Crippen LogP contribution in [0.5, 0.6) is 0 Å². The van der Waals surface area contributed by atoms with Crippen molar-refractivity contribution in [2.45, 2.75) is 12.8 Å². The van der Waals surface area contributed by atoms with E-state index < -0.39 is 0 Å². The number of carbonyl (C=O) groups is 2. The lowest BCUT2D eigenvalue weighted by Gasteiger charge is -2.09. The molecule has 1 rings (SSSR count). The maximum atomic E-state index is 10.8. The highest BCUT2D eigenvalue weighted by Gasteiger charge is 2.29. The Bertz CT molecular complexity index is 196. The Morgan fingerprint density at radius 2 is 1.80 bits per heavy atom. The molecule has 0 atom stereocenters. The van der Waals surface area contributed by atoms with E-state index in [0.717, 1.165) is 4.90 Å². The molecule has 54 valence electrons. The molecule has 0 radical (unpaired) electrons. The molecular weight excluding hydrogens is 198 g/mol. The summed E-state index contributed by atoms with van der Waals surface area (Å²) in [6.07, 6.45) is 0.618. The number of hydrogen-bond donors (Lipinski definition) is 0. The fourth-order valence-corrected chi connectivity index (χ4v) is 1.24. The highest BCUT2D eigenvalue weighted by Crippen LogP contribution is 2.19. The summed E-state index contributed by atoms with van der Waals surface area (Å²) in [5.41, 5.74) is 0. The Balaban J connectivity index is 2.82. The third-order valence-corrected chi connectivity index (χ3v) is 1.65. The van der Waals surface area contributed by atoms with Crippen LogP contribution in [0.15, 0.2) is 11.2 Å². The van der Waals surface area contributed by atoms with Crippen LogP contribution in [0.25, 0.3) is 0 Å². The molecule has 0 aromatic heterocycles. The SMILES string of the molecule is C=C(Br)N1C(=O)CCC1=O. The van der Waals surface area contributed by atoms with Gasteiger partial charge in [0.05, 0.1) is 4.61 Å². The Morgan fingerprint density at radius 3 is 2.00 bits per heavy atom. The average molecular weight is 204 g/mol. The van der Waals surface area contributed by atoms with E-state index in [-0.39, 0.29) is 11.8 Å². The zero-order chi connectivity index (χ0) is 7.72.